The highest BCUT2D eigenvalue weighted by Gasteiger charge is 2.30. The molecule has 3 heteroatoms. The fraction of sp³-hybridized carbons (Fsp3) is 0.571. The molecule has 0 unspecified atom stereocenters. The molecule has 1 saturated carbocycles. The van der Waals surface area contributed by atoms with Gasteiger partial charge < -0.3 is 5.32 Å². The molecule has 1 fully saturated rings. The van der Waals surface area contributed by atoms with Crippen molar-refractivity contribution in [2.75, 3.05) is 5.88 Å². The second-order valence-electron chi connectivity index (χ2n) is 4.96. The Labute approximate surface area is 114 Å². The van der Waals surface area contributed by atoms with E-state index in [1.807, 2.05) is 18.2 Å². The molecule has 0 bridgehead atoms. The lowest BCUT2D eigenvalue weighted by atomic mass is 9.83. The quantitative estimate of drug-likeness (QED) is 0.802. The van der Waals surface area contributed by atoms with Crippen molar-refractivity contribution in [1.29, 1.82) is 0 Å². The fourth-order valence-electron chi connectivity index (χ4n) is 2.52. The largest absolute Gasteiger partial charge is 0.306 e. The minimum atomic E-state index is 0.141. The number of rotatable bonds is 4. The van der Waals surface area contributed by atoms with E-state index < -0.39 is 0 Å². The van der Waals surface area contributed by atoms with Gasteiger partial charge in [-0.3, -0.25) is 0 Å². The molecule has 1 aromatic rings. The minimum Gasteiger partial charge on any atom is -0.306 e. The number of hydrogen-bond acceptors (Lipinski definition) is 1. The summed E-state index contributed by atoms with van der Waals surface area (Å²) in [5.41, 5.74) is 1.37. The normalized spacial score (nSPS) is 19.2. The summed E-state index contributed by atoms with van der Waals surface area (Å²) in [5, 5.41) is 4.44. The van der Waals surface area contributed by atoms with Crippen molar-refractivity contribution < 1.29 is 0 Å². The van der Waals surface area contributed by atoms with Gasteiger partial charge >= 0.3 is 0 Å². The van der Waals surface area contributed by atoms with Gasteiger partial charge in [-0.1, -0.05) is 43.0 Å². The van der Waals surface area contributed by atoms with Gasteiger partial charge in [-0.05, 0) is 30.5 Å². The lowest BCUT2D eigenvalue weighted by molar-refractivity contribution is 0.256. The van der Waals surface area contributed by atoms with Gasteiger partial charge in [0.2, 0.25) is 0 Å². The molecule has 0 aliphatic heterocycles. The molecule has 1 N–H and O–H groups in total. The zero-order chi connectivity index (χ0) is 12.1. The third-order valence-corrected chi connectivity index (χ3v) is 4.37. The highest BCUT2D eigenvalue weighted by atomic mass is 35.5. The molecule has 0 saturated heterocycles. The lowest BCUT2D eigenvalue weighted by Crippen LogP contribution is -2.48. The summed E-state index contributed by atoms with van der Waals surface area (Å²) in [6.07, 6.45) is 6.30. The number of benzene rings is 1. The topological polar surface area (TPSA) is 12.0 Å². The Morgan fingerprint density at radius 2 is 1.94 bits per heavy atom. The van der Waals surface area contributed by atoms with Crippen LogP contribution in [0.15, 0.2) is 24.3 Å². The first-order valence-corrected chi connectivity index (χ1v) is 7.21. The van der Waals surface area contributed by atoms with Crippen LogP contribution < -0.4 is 5.32 Å². The zero-order valence-electron chi connectivity index (χ0n) is 10.0. The van der Waals surface area contributed by atoms with Gasteiger partial charge in [0.1, 0.15) is 0 Å². The molecule has 0 aromatic heterocycles. The van der Waals surface area contributed by atoms with Crippen molar-refractivity contribution in [1.82, 2.24) is 5.32 Å². The van der Waals surface area contributed by atoms with Crippen molar-refractivity contribution in [2.24, 2.45) is 0 Å². The third-order valence-electron chi connectivity index (χ3n) is 3.62. The van der Waals surface area contributed by atoms with Crippen LogP contribution in [0.25, 0.3) is 0 Å². The Bertz CT molecular complexity index is 359. The van der Waals surface area contributed by atoms with E-state index in [0.717, 1.165) is 11.6 Å². The Hall–Kier alpha value is -0.240. The molecule has 1 nitrogen and oxygen atoms in total. The molecule has 0 atom stereocenters. The van der Waals surface area contributed by atoms with Crippen LogP contribution in [0.4, 0.5) is 0 Å². The SMILES string of the molecule is ClCC1(NCc2cccc(Cl)c2)CCCCC1. The van der Waals surface area contributed by atoms with Crippen LogP contribution in [0.3, 0.4) is 0 Å². The zero-order valence-corrected chi connectivity index (χ0v) is 11.5. The average molecular weight is 272 g/mol. The van der Waals surface area contributed by atoms with E-state index in [2.05, 4.69) is 11.4 Å². The van der Waals surface area contributed by atoms with E-state index in [1.54, 1.807) is 0 Å². The first-order chi connectivity index (χ1) is 8.24. The van der Waals surface area contributed by atoms with Crippen LogP contribution in [0.1, 0.15) is 37.7 Å². The van der Waals surface area contributed by atoms with Crippen LogP contribution >= 0.6 is 23.2 Å². The predicted molar refractivity (Wildman–Crippen MR) is 74.8 cm³/mol. The second kappa shape index (κ2) is 6.08. The van der Waals surface area contributed by atoms with Gasteiger partial charge in [0.25, 0.3) is 0 Å². The maximum absolute atomic E-state index is 6.15. The molecular formula is C14H19Cl2N. The fourth-order valence-corrected chi connectivity index (χ4v) is 3.10. The highest BCUT2D eigenvalue weighted by Crippen LogP contribution is 2.29. The monoisotopic (exact) mass is 271 g/mol. The van der Waals surface area contributed by atoms with E-state index in [4.69, 9.17) is 23.2 Å². The van der Waals surface area contributed by atoms with Gasteiger partial charge in [-0.2, -0.15) is 0 Å². The minimum absolute atomic E-state index is 0.141. The summed E-state index contributed by atoms with van der Waals surface area (Å²) in [7, 11) is 0. The molecule has 0 radical (unpaired) electrons. The van der Waals surface area contributed by atoms with Crippen molar-refractivity contribution in [2.45, 2.75) is 44.2 Å². The molecule has 0 heterocycles. The summed E-state index contributed by atoms with van der Waals surface area (Å²) in [6, 6.07) is 8.01. The van der Waals surface area contributed by atoms with Crippen LogP contribution in [0.2, 0.25) is 5.02 Å². The molecule has 0 amide bonds. The number of hydrogen-bond donors (Lipinski definition) is 1. The smallest absolute Gasteiger partial charge is 0.0409 e. The lowest BCUT2D eigenvalue weighted by Gasteiger charge is -2.36. The number of alkyl halides is 1. The highest BCUT2D eigenvalue weighted by molar-refractivity contribution is 6.30. The molecule has 94 valence electrons. The van der Waals surface area contributed by atoms with Crippen LogP contribution in [-0.2, 0) is 6.54 Å². The summed E-state index contributed by atoms with van der Waals surface area (Å²) in [5.74, 6) is 0.702. The second-order valence-corrected chi connectivity index (χ2v) is 5.66. The molecule has 0 spiro atoms. The molecule has 1 aromatic carbocycles. The van der Waals surface area contributed by atoms with Gasteiger partial charge in [-0.15, -0.1) is 11.6 Å². The Balaban J connectivity index is 1.95. The Kier molecular flexibility index (Phi) is 4.72. The van der Waals surface area contributed by atoms with Crippen LogP contribution in [0.5, 0.6) is 0 Å². The van der Waals surface area contributed by atoms with E-state index in [1.165, 1.54) is 37.7 Å². The molecule has 2 rings (SSSR count). The van der Waals surface area contributed by atoms with Gasteiger partial charge in [-0.25, -0.2) is 0 Å². The van der Waals surface area contributed by atoms with Gasteiger partial charge in [0, 0.05) is 23.0 Å². The van der Waals surface area contributed by atoms with E-state index in [-0.39, 0.29) is 5.54 Å². The van der Waals surface area contributed by atoms with E-state index >= 15 is 0 Å². The molecule has 17 heavy (non-hydrogen) atoms. The van der Waals surface area contributed by atoms with Crippen molar-refractivity contribution in [3.8, 4) is 0 Å². The van der Waals surface area contributed by atoms with Gasteiger partial charge in [0.15, 0.2) is 0 Å². The van der Waals surface area contributed by atoms with Crippen molar-refractivity contribution in [3.63, 3.8) is 0 Å². The summed E-state index contributed by atoms with van der Waals surface area (Å²) in [6.45, 7) is 0.854. The average Bonchev–Trinajstić information content (AvgIpc) is 2.38. The molecule has 1 aliphatic rings. The van der Waals surface area contributed by atoms with Gasteiger partial charge in [0.05, 0.1) is 0 Å². The first kappa shape index (κ1) is 13.2. The third kappa shape index (κ3) is 3.61. The summed E-state index contributed by atoms with van der Waals surface area (Å²) >= 11 is 12.1. The Morgan fingerprint density at radius 1 is 1.18 bits per heavy atom. The number of halogens is 2. The van der Waals surface area contributed by atoms with E-state index in [0.29, 0.717) is 5.88 Å². The molecule has 1 aliphatic carbocycles. The first-order valence-electron chi connectivity index (χ1n) is 6.30. The summed E-state index contributed by atoms with van der Waals surface area (Å²) in [4.78, 5) is 0. The maximum atomic E-state index is 6.15. The predicted octanol–water partition coefficient (Wildman–Crippen LogP) is 4.37. The Morgan fingerprint density at radius 3 is 2.59 bits per heavy atom. The summed E-state index contributed by atoms with van der Waals surface area (Å²) < 4.78 is 0. The molecular weight excluding hydrogens is 253 g/mol. The number of nitrogens with one attached hydrogen (secondary N) is 1. The van der Waals surface area contributed by atoms with Crippen LogP contribution in [0, 0.1) is 0 Å². The van der Waals surface area contributed by atoms with E-state index in [9.17, 15) is 0 Å². The maximum Gasteiger partial charge on any atom is 0.0409 e. The standard InChI is InChI=1S/C14H19Cl2N/c15-11-14(7-2-1-3-8-14)17-10-12-5-4-6-13(16)9-12/h4-6,9,17H,1-3,7-8,10-11H2. The van der Waals surface area contributed by atoms with Crippen LogP contribution in [-0.4, -0.2) is 11.4 Å². The van der Waals surface area contributed by atoms with Crippen molar-refractivity contribution >= 4 is 23.2 Å². The van der Waals surface area contributed by atoms with Crippen molar-refractivity contribution in [3.05, 3.63) is 34.9 Å².